The van der Waals surface area contributed by atoms with E-state index in [2.05, 4.69) is 26.6 Å². The van der Waals surface area contributed by atoms with Crippen LogP contribution in [0.1, 0.15) is 24.8 Å². The number of nitrogens with one attached hydrogen (secondary N) is 2. The summed E-state index contributed by atoms with van der Waals surface area (Å²) in [5.41, 5.74) is 1.21. The van der Waals surface area contributed by atoms with Gasteiger partial charge in [-0.05, 0) is 61.2 Å². The fourth-order valence-electron chi connectivity index (χ4n) is 2.89. The lowest BCUT2D eigenvalue weighted by molar-refractivity contribution is 0.185. The second-order valence-corrected chi connectivity index (χ2v) is 8.57. The third-order valence-corrected chi connectivity index (χ3v) is 5.86. The topological polar surface area (TPSA) is 101 Å². The summed E-state index contributed by atoms with van der Waals surface area (Å²) < 4.78 is 23.5. The van der Waals surface area contributed by atoms with E-state index in [0.717, 1.165) is 29.3 Å². The van der Waals surface area contributed by atoms with Crippen molar-refractivity contribution in [3.63, 3.8) is 0 Å². The van der Waals surface area contributed by atoms with E-state index in [4.69, 9.17) is 5.14 Å². The fourth-order valence-corrected chi connectivity index (χ4v) is 3.67. The Hall–Kier alpha value is -1.90. The van der Waals surface area contributed by atoms with Gasteiger partial charge in [0.2, 0.25) is 10.0 Å². The molecular formula is C17H18BrN3O3S. The summed E-state index contributed by atoms with van der Waals surface area (Å²) in [5.74, 6) is 0. The molecule has 0 radical (unpaired) electrons. The SMILES string of the molecule is NS(=O)(=O)c1ccc(NC(=O)NC2(c3ccc(Br)cc3)CCC2)cc1. The lowest BCUT2D eigenvalue weighted by Gasteiger charge is -2.43. The van der Waals surface area contributed by atoms with Gasteiger partial charge in [-0.15, -0.1) is 0 Å². The number of nitrogens with two attached hydrogens (primary N) is 1. The normalized spacial score (nSPS) is 15.9. The number of hydrogen-bond donors (Lipinski definition) is 3. The van der Waals surface area contributed by atoms with Gasteiger partial charge < -0.3 is 10.6 Å². The minimum Gasteiger partial charge on any atom is -0.328 e. The molecule has 2 amide bonds. The summed E-state index contributed by atoms with van der Waals surface area (Å²) in [7, 11) is -3.74. The third kappa shape index (κ3) is 4.02. The highest BCUT2D eigenvalue weighted by Crippen LogP contribution is 2.41. The Morgan fingerprint density at radius 1 is 1.04 bits per heavy atom. The summed E-state index contributed by atoms with van der Waals surface area (Å²) in [6.45, 7) is 0. The quantitative estimate of drug-likeness (QED) is 0.702. The summed E-state index contributed by atoms with van der Waals surface area (Å²) in [6, 6.07) is 13.3. The van der Waals surface area contributed by atoms with Crippen LogP contribution in [-0.4, -0.2) is 14.4 Å². The van der Waals surface area contributed by atoms with Gasteiger partial charge in [-0.1, -0.05) is 28.1 Å². The van der Waals surface area contributed by atoms with Crippen molar-refractivity contribution >= 4 is 37.7 Å². The van der Waals surface area contributed by atoms with Gasteiger partial charge in [0.15, 0.2) is 0 Å². The summed E-state index contributed by atoms with van der Waals surface area (Å²) in [6.07, 6.45) is 2.82. The predicted octanol–water partition coefficient (Wildman–Crippen LogP) is 3.30. The van der Waals surface area contributed by atoms with E-state index in [1.807, 2.05) is 24.3 Å². The molecule has 25 heavy (non-hydrogen) atoms. The molecule has 0 saturated heterocycles. The number of carbonyl (C=O) groups excluding carboxylic acids is 1. The molecule has 0 bridgehead atoms. The maximum absolute atomic E-state index is 12.4. The molecule has 2 aromatic carbocycles. The van der Waals surface area contributed by atoms with Crippen LogP contribution in [0.5, 0.6) is 0 Å². The molecule has 1 saturated carbocycles. The lowest BCUT2D eigenvalue weighted by Crippen LogP contribution is -2.52. The molecule has 0 heterocycles. The molecule has 1 aliphatic carbocycles. The molecule has 0 spiro atoms. The molecule has 1 aliphatic rings. The number of halogens is 1. The summed E-state index contributed by atoms with van der Waals surface area (Å²) in [4.78, 5) is 12.4. The van der Waals surface area contributed by atoms with Crippen LogP contribution in [0.4, 0.5) is 10.5 Å². The van der Waals surface area contributed by atoms with Crippen LogP contribution in [0.15, 0.2) is 57.9 Å². The monoisotopic (exact) mass is 423 g/mol. The van der Waals surface area contributed by atoms with E-state index in [1.54, 1.807) is 0 Å². The number of carbonyl (C=O) groups is 1. The Morgan fingerprint density at radius 2 is 1.64 bits per heavy atom. The molecule has 1 fully saturated rings. The van der Waals surface area contributed by atoms with Crippen molar-refractivity contribution in [2.45, 2.75) is 29.7 Å². The third-order valence-electron chi connectivity index (χ3n) is 4.40. The standard InChI is InChI=1S/C17H18BrN3O3S/c18-13-4-2-12(3-5-13)17(10-1-11-17)21-16(22)20-14-6-8-15(9-7-14)25(19,23)24/h2-9H,1,10-11H2,(H2,19,23,24)(H2,20,21,22). The van der Waals surface area contributed by atoms with Gasteiger partial charge in [-0.3, -0.25) is 0 Å². The first-order valence-corrected chi connectivity index (χ1v) is 10.1. The van der Waals surface area contributed by atoms with Crippen LogP contribution in [0, 0.1) is 0 Å². The summed E-state index contributed by atoms with van der Waals surface area (Å²) in [5, 5.41) is 10.8. The van der Waals surface area contributed by atoms with E-state index in [1.165, 1.54) is 24.3 Å². The smallest absolute Gasteiger partial charge is 0.319 e. The van der Waals surface area contributed by atoms with Crippen molar-refractivity contribution in [1.82, 2.24) is 5.32 Å². The number of hydrogen-bond acceptors (Lipinski definition) is 3. The largest absolute Gasteiger partial charge is 0.328 e. The zero-order valence-electron chi connectivity index (χ0n) is 13.3. The highest BCUT2D eigenvalue weighted by atomic mass is 79.9. The molecule has 2 aromatic rings. The Bertz CT molecular complexity index is 876. The number of benzene rings is 2. The van der Waals surface area contributed by atoms with Gasteiger partial charge in [0.25, 0.3) is 0 Å². The zero-order chi connectivity index (χ0) is 18.1. The van der Waals surface area contributed by atoms with Gasteiger partial charge in [-0.25, -0.2) is 18.4 Å². The van der Waals surface area contributed by atoms with E-state index in [0.29, 0.717) is 5.69 Å². The van der Waals surface area contributed by atoms with Gasteiger partial charge in [-0.2, -0.15) is 0 Å². The van der Waals surface area contributed by atoms with Gasteiger partial charge >= 0.3 is 6.03 Å². The Labute approximate surface area is 155 Å². The number of primary sulfonamides is 1. The Kier molecular flexibility index (Phi) is 4.86. The van der Waals surface area contributed by atoms with Crippen molar-refractivity contribution in [2.75, 3.05) is 5.32 Å². The number of anilines is 1. The average molecular weight is 424 g/mol. The number of urea groups is 1. The van der Waals surface area contributed by atoms with Gasteiger partial charge in [0.05, 0.1) is 10.4 Å². The first-order valence-electron chi connectivity index (χ1n) is 7.77. The van der Waals surface area contributed by atoms with E-state index in [9.17, 15) is 13.2 Å². The Balaban J connectivity index is 1.70. The van der Waals surface area contributed by atoms with Crippen molar-refractivity contribution < 1.29 is 13.2 Å². The molecule has 4 N–H and O–H groups in total. The maximum Gasteiger partial charge on any atom is 0.319 e. The fraction of sp³-hybridized carbons (Fsp3) is 0.235. The lowest BCUT2D eigenvalue weighted by atomic mass is 9.72. The molecule has 132 valence electrons. The Morgan fingerprint density at radius 3 is 2.12 bits per heavy atom. The average Bonchev–Trinajstić information content (AvgIpc) is 2.51. The molecule has 0 aromatic heterocycles. The predicted molar refractivity (Wildman–Crippen MR) is 99.6 cm³/mol. The van der Waals surface area contributed by atoms with Gasteiger partial charge in [0.1, 0.15) is 0 Å². The van der Waals surface area contributed by atoms with Crippen molar-refractivity contribution in [1.29, 1.82) is 0 Å². The van der Waals surface area contributed by atoms with Crippen molar-refractivity contribution in [2.24, 2.45) is 5.14 Å². The number of amides is 2. The molecule has 0 aliphatic heterocycles. The summed E-state index contributed by atoms with van der Waals surface area (Å²) >= 11 is 3.42. The zero-order valence-corrected chi connectivity index (χ0v) is 15.7. The van der Waals surface area contributed by atoms with Crippen LogP contribution in [-0.2, 0) is 15.6 Å². The van der Waals surface area contributed by atoms with Crippen molar-refractivity contribution in [3.05, 3.63) is 58.6 Å². The number of sulfonamides is 1. The second-order valence-electron chi connectivity index (χ2n) is 6.09. The minimum absolute atomic E-state index is 0.00350. The number of rotatable bonds is 4. The van der Waals surface area contributed by atoms with E-state index < -0.39 is 10.0 Å². The first-order chi connectivity index (χ1) is 11.8. The van der Waals surface area contributed by atoms with Gasteiger partial charge in [0, 0.05) is 10.2 Å². The molecular weight excluding hydrogens is 406 g/mol. The molecule has 6 nitrogen and oxygen atoms in total. The van der Waals surface area contributed by atoms with Crippen LogP contribution in [0.25, 0.3) is 0 Å². The maximum atomic E-state index is 12.4. The van der Waals surface area contributed by atoms with E-state index in [-0.39, 0.29) is 16.5 Å². The molecule has 0 atom stereocenters. The van der Waals surface area contributed by atoms with Crippen LogP contribution >= 0.6 is 15.9 Å². The highest BCUT2D eigenvalue weighted by Gasteiger charge is 2.40. The molecule has 3 rings (SSSR count). The van der Waals surface area contributed by atoms with E-state index >= 15 is 0 Å². The van der Waals surface area contributed by atoms with Crippen LogP contribution in [0.2, 0.25) is 0 Å². The second kappa shape index (κ2) is 6.78. The first kappa shape index (κ1) is 17.9. The highest BCUT2D eigenvalue weighted by molar-refractivity contribution is 9.10. The molecule has 8 heteroatoms. The minimum atomic E-state index is -3.74. The van der Waals surface area contributed by atoms with Crippen molar-refractivity contribution in [3.8, 4) is 0 Å². The van der Waals surface area contributed by atoms with Crippen LogP contribution < -0.4 is 15.8 Å². The van der Waals surface area contributed by atoms with Crippen LogP contribution in [0.3, 0.4) is 0 Å². The molecule has 0 unspecified atom stereocenters.